The molecular weight excluding hydrogens is 208 g/mol. The Morgan fingerprint density at radius 2 is 2.06 bits per heavy atom. The molecule has 0 saturated heterocycles. The van der Waals surface area contributed by atoms with E-state index in [4.69, 9.17) is 18.9 Å². The fraction of sp³-hybridized carbons (Fsp3) is 0.500. The molecule has 1 unspecified atom stereocenters. The summed E-state index contributed by atoms with van der Waals surface area (Å²) in [5.41, 5.74) is 1.09. The van der Waals surface area contributed by atoms with E-state index in [1.807, 2.05) is 18.2 Å². The van der Waals surface area contributed by atoms with Crippen LogP contribution in [0.3, 0.4) is 0 Å². The molecule has 88 valence electrons. The van der Waals surface area contributed by atoms with Crippen LogP contribution in [0.5, 0.6) is 11.5 Å². The van der Waals surface area contributed by atoms with Gasteiger partial charge in [0.15, 0.2) is 11.5 Å². The number of hydrogen-bond acceptors (Lipinski definition) is 4. The summed E-state index contributed by atoms with van der Waals surface area (Å²) in [5.74, 6) is 1.59. The van der Waals surface area contributed by atoms with Gasteiger partial charge in [0.25, 0.3) is 0 Å². The van der Waals surface area contributed by atoms with E-state index in [1.165, 1.54) is 0 Å². The van der Waals surface area contributed by atoms with Crippen molar-refractivity contribution in [2.24, 2.45) is 0 Å². The van der Waals surface area contributed by atoms with E-state index in [0.717, 1.165) is 23.5 Å². The molecule has 0 N–H and O–H groups in total. The van der Waals surface area contributed by atoms with Gasteiger partial charge in [0.2, 0.25) is 6.79 Å². The van der Waals surface area contributed by atoms with Gasteiger partial charge in [0, 0.05) is 27.2 Å². The maximum absolute atomic E-state index is 5.42. The smallest absolute Gasteiger partial charge is 0.231 e. The van der Waals surface area contributed by atoms with Crippen LogP contribution in [0, 0.1) is 0 Å². The van der Waals surface area contributed by atoms with Gasteiger partial charge in [-0.2, -0.15) is 0 Å². The maximum atomic E-state index is 5.42. The largest absolute Gasteiger partial charge is 0.454 e. The Balaban J connectivity index is 2.12. The third kappa shape index (κ3) is 2.28. The first-order chi connectivity index (χ1) is 7.85. The SMILES string of the molecule is COCCC(OC)c1ccc2c(c1)OCO2. The molecule has 1 aliphatic heterocycles. The fourth-order valence-corrected chi connectivity index (χ4v) is 1.76. The van der Waals surface area contributed by atoms with Crippen molar-refractivity contribution in [3.63, 3.8) is 0 Å². The van der Waals surface area contributed by atoms with Crippen LogP contribution in [0.2, 0.25) is 0 Å². The van der Waals surface area contributed by atoms with E-state index in [2.05, 4.69) is 0 Å². The summed E-state index contributed by atoms with van der Waals surface area (Å²) in [4.78, 5) is 0. The lowest BCUT2D eigenvalue weighted by molar-refractivity contribution is 0.0660. The first-order valence-electron chi connectivity index (χ1n) is 5.26. The van der Waals surface area contributed by atoms with Gasteiger partial charge in [-0.25, -0.2) is 0 Å². The summed E-state index contributed by atoms with van der Waals surface area (Å²) < 4.78 is 21.1. The van der Waals surface area contributed by atoms with E-state index in [9.17, 15) is 0 Å². The van der Waals surface area contributed by atoms with Crippen molar-refractivity contribution in [1.82, 2.24) is 0 Å². The second kappa shape index (κ2) is 5.18. The molecule has 1 aliphatic rings. The number of ether oxygens (including phenoxy) is 4. The zero-order valence-electron chi connectivity index (χ0n) is 9.56. The predicted octanol–water partition coefficient (Wildman–Crippen LogP) is 2.14. The van der Waals surface area contributed by atoms with Gasteiger partial charge in [-0.05, 0) is 17.7 Å². The molecule has 4 heteroatoms. The highest BCUT2D eigenvalue weighted by Gasteiger charge is 2.17. The molecule has 1 heterocycles. The van der Waals surface area contributed by atoms with Crippen LogP contribution in [0.4, 0.5) is 0 Å². The van der Waals surface area contributed by atoms with Crippen molar-refractivity contribution in [2.45, 2.75) is 12.5 Å². The second-order valence-electron chi connectivity index (χ2n) is 3.62. The molecule has 2 rings (SSSR count). The summed E-state index contributed by atoms with van der Waals surface area (Å²) in [7, 11) is 3.39. The van der Waals surface area contributed by atoms with Gasteiger partial charge in [-0.1, -0.05) is 6.07 Å². The Hall–Kier alpha value is -1.26. The van der Waals surface area contributed by atoms with Gasteiger partial charge in [0.05, 0.1) is 6.10 Å². The van der Waals surface area contributed by atoms with Crippen LogP contribution in [-0.4, -0.2) is 27.6 Å². The monoisotopic (exact) mass is 224 g/mol. The van der Waals surface area contributed by atoms with Gasteiger partial charge in [0.1, 0.15) is 0 Å². The minimum Gasteiger partial charge on any atom is -0.454 e. The van der Waals surface area contributed by atoms with Crippen molar-refractivity contribution in [1.29, 1.82) is 0 Å². The van der Waals surface area contributed by atoms with Gasteiger partial charge < -0.3 is 18.9 Å². The molecule has 4 nitrogen and oxygen atoms in total. The number of benzene rings is 1. The van der Waals surface area contributed by atoms with Crippen LogP contribution in [0.1, 0.15) is 18.1 Å². The molecule has 0 amide bonds. The molecule has 0 radical (unpaired) electrons. The van der Waals surface area contributed by atoms with Crippen LogP contribution in [-0.2, 0) is 9.47 Å². The number of methoxy groups -OCH3 is 2. The summed E-state index contributed by atoms with van der Waals surface area (Å²) >= 11 is 0. The van der Waals surface area contributed by atoms with E-state index in [0.29, 0.717) is 13.4 Å². The lowest BCUT2D eigenvalue weighted by atomic mass is 10.1. The number of rotatable bonds is 5. The molecular formula is C12H16O4. The molecule has 0 fully saturated rings. The molecule has 1 atom stereocenters. The molecule has 1 aromatic carbocycles. The van der Waals surface area contributed by atoms with Crippen molar-refractivity contribution in [3.8, 4) is 11.5 Å². The maximum Gasteiger partial charge on any atom is 0.231 e. The molecule has 0 spiro atoms. The van der Waals surface area contributed by atoms with Gasteiger partial charge >= 0.3 is 0 Å². The van der Waals surface area contributed by atoms with E-state index in [1.54, 1.807) is 14.2 Å². The van der Waals surface area contributed by atoms with E-state index >= 15 is 0 Å². The zero-order chi connectivity index (χ0) is 11.4. The minimum absolute atomic E-state index is 0.0365. The molecule has 16 heavy (non-hydrogen) atoms. The number of fused-ring (bicyclic) bond motifs is 1. The Morgan fingerprint density at radius 3 is 2.81 bits per heavy atom. The molecule has 0 aliphatic carbocycles. The summed E-state index contributed by atoms with van der Waals surface area (Å²) in [5, 5.41) is 0. The highest BCUT2D eigenvalue weighted by atomic mass is 16.7. The molecule has 1 aromatic rings. The third-order valence-corrected chi connectivity index (χ3v) is 2.64. The van der Waals surface area contributed by atoms with Gasteiger partial charge in [-0.3, -0.25) is 0 Å². The van der Waals surface area contributed by atoms with E-state index in [-0.39, 0.29) is 6.10 Å². The van der Waals surface area contributed by atoms with Crippen LogP contribution in [0.25, 0.3) is 0 Å². The highest BCUT2D eigenvalue weighted by molar-refractivity contribution is 5.45. The van der Waals surface area contributed by atoms with Crippen molar-refractivity contribution < 1.29 is 18.9 Å². The van der Waals surface area contributed by atoms with E-state index < -0.39 is 0 Å². The Bertz CT molecular complexity index is 351. The summed E-state index contributed by atoms with van der Waals surface area (Å²) in [6.07, 6.45) is 0.863. The molecule has 0 bridgehead atoms. The Labute approximate surface area is 95.1 Å². The Morgan fingerprint density at radius 1 is 1.25 bits per heavy atom. The van der Waals surface area contributed by atoms with Crippen molar-refractivity contribution in [2.75, 3.05) is 27.6 Å². The van der Waals surface area contributed by atoms with Gasteiger partial charge in [-0.15, -0.1) is 0 Å². The fourth-order valence-electron chi connectivity index (χ4n) is 1.76. The van der Waals surface area contributed by atoms with Crippen molar-refractivity contribution in [3.05, 3.63) is 23.8 Å². The zero-order valence-corrected chi connectivity index (χ0v) is 9.56. The third-order valence-electron chi connectivity index (χ3n) is 2.64. The quantitative estimate of drug-likeness (QED) is 0.767. The molecule has 0 saturated carbocycles. The topological polar surface area (TPSA) is 36.9 Å². The minimum atomic E-state index is 0.0365. The van der Waals surface area contributed by atoms with Crippen LogP contribution < -0.4 is 9.47 Å². The average Bonchev–Trinajstić information content (AvgIpc) is 2.77. The summed E-state index contributed by atoms with van der Waals surface area (Å²) in [6.45, 7) is 0.974. The van der Waals surface area contributed by atoms with Crippen LogP contribution >= 0.6 is 0 Å². The average molecular weight is 224 g/mol. The lowest BCUT2D eigenvalue weighted by Gasteiger charge is -2.15. The summed E-state index contributed by atoms with van der Waals surface area (Å²) in [6, 6.07) is 5.87. The lowest BCUT2D eigenvalue weighted by Crippen LogP contribution is -2.05. The van der Waals surface area contributed by atoms with Crippen LogP contribution in [0.15, 0.2) is 18.2 Å². The van der Waals surface area contributed by atoms with Crippen molar-refractivity contribution >= 4 is 0 Å². The Kier molecular flexibility index (Phi) is 3.64. The molecule has 0 aromatic heterocycles. The normalized spacial score (nSPS) is 15.1. The first-order valence-corrected chi connectivity index (χ1v) is 5.26. The predicted molar refractivity (Wildman–Crippen MR) is 58.8 cm³/mol. The highest BCUT2D eigenvalue weighted by Crippen LogP contribution is 2.35. The second-order valence-corrected chi connectivity index (χ2v) is 3.62. The first kappa shape index (κ1) is 11.2. The number of hydrogen-bond donors (Lipinski definition) is 0. The standard InChI is InChI=1S/C12H16O4/c1-13-6-5-10(14-2)9-3-4-11-12(7-9)16-8-15-11/h3-4,7,10H,5-6,8H2,1-2H3.